The average Bonchev–Trinajstić information content (AvgIpc) is 2.64. The molecule has 0 spiro atoms. The SMILES string of the molecule is CCCn1cc(C(=O)O)c2ccc(Cl)c(C)c21. The monoisotopic (exact) mass is 251 g/mol. The van der Waals surface area contributed by atoms with Crippen LogP contribution >= 0.6 is 11.6 Å². The highest BCUT2D eigenvalue weighted by atomic mass is 35.5. The summed E-state index contributed by atoms with van der Waals surface area (Å²) in [6.07, 6.45) is 2.65. The van der Waals surface area contributed by atoms with E-state index in [-0.39, 0.29) is 0 Å². The molecule has 1 heterocycles. The Morgan fingerprint density at radius 3 is 2.76 bits per heavy atom. The summed E-state index contributed by atoms with van der Waals surface area (Å²) in [6.45, 7) is 4.78. The van der Waals surface area contributed by atoms with E-state index in [4.69, 9.17) is 11.6 Å². The van der Waals surface area contributed by atoms with Crippen LogP contribution in [0.4, 0.5) is 0 Å². The van der Waals surface area contributed by atoms with Gasteiger partial charge in [0.05, 0.1) is 11.1 Å². The molecule has 0 unspecified atom stereocenters. The van der Waals surface area contributed by atoms with Crippen molar-refractivity contribution in [2.24, 2.45) is 0 Å². The summed E-state index contributed by atoms with van der Waals surface area (Å²) >= 11 is 6.09. The topological polar surface area (TPSA) is 42.2 Å². The van der Waals surface area contributed by atoms with Crippen LogP contribution in [0.3, 0.4) is 0 Å². The summed E-state index contributed by atoms with van der Waals surface area (Å²) in [5.74, 6) is -0.897. The molecule has 1 aromatic heterocycles. The molecular formula is C13H14ClNO2. The van der Waals surface area contributed by atoms with Gasteiger partial charge >= 0.3 is 5.97 Å². The minimum atomic E-state index is -0.897. The largest absolute Gasteiger partial charge is 0.478 e. The molecule has 0 saturated heterocycles. The second-order valence-electron chi connectivity index (χ2n) is 4.11. The number of aromatic carboxylic acids is 1. The number of hydrogen-bond acceptors (Lipinski definition) is 1. The fourth-order valence-corrected chi connectivity index (χ4v) is 2.29. The van der Waals surface area contributed by atoms with E-state index < -0.39 is 5.97 Å². The third-order valence-electron chi connectivity index (χ3n) is 2.92. The first-order chi connectivity index (χ1) is 8.06. The Morgan fingerprint density at radius 1 is 1.47 bits per heavy atom. The Kier molecular flexibility index (Phi) is 3.11. The molecule has 1 N–H and O–H groups in total. The predicted molar refractivity (Wildman–Crippen MR) is 68.9 cm³/mol. The van der Waals surface area contributed by atoms with Crippen molar-refractivity contribution in [3.05, 3.63) is 34.5 Å². The molecule has 0 bridgehead atoms. The maximum atomic E-state index is 11.2. The number of nitrogens with zero attached hydrogens (tertiary/aromatic N) is 1. The maximum Gasteiger partial charge on any atom is 0.337 e. The molecule has 0 aliphatic heterocycles. The zero-order chi connectivity index (χ0) is 12.6. The summed E-state index contributed by atoms with van der Waals surface area (Å²) in [5, 5.41) is 10.6. The second kappa shape index (κ2) is 4.41. The molecule has 0 fully saturated rings. The fraction of sp³-hybridized carbons (Fsp3) is 0.308. The highest BCUT2D eigenvalue weighted by Gasteiger charge is 2.16. The van der Waals surface area contributed by atoms with Crippen LogP contribution in [-0.4, -0.2) is 15.6 Å². The lowest BCUT2D eigenvalue weighted by Crippen LogP contribution is -1.96. The molecule has 1 aromatic carbocycles. The zero-order valence-electron chi connectivity index (χ0n) is 9.83. The van der Waals surface area contributed by atoms with Crippen LogP contribution in [0.5, 0.6) is 0 Å². The van der Waals surface area contributed by atoms with Gasteiger partial charge in [0.2, 0.25) is 0 Å². The second-order valence-corrected chi connectivity index (χ2v) is 4.52. The Bertz CT molecular complexity index is 587. The Hall–Kier alpha value is -1.48. The normalized spacial score (nSPS) is 11.0. The molecule has 0 saturated carbocycles. The summed E-state index contributed by atoms with van der Waals surface area (Å²) in [5.41, 5.74) is 2.20. The molecule has 0 amide bonds. The van der Waals surface area contributed by atoms with Crippen LogP contribution in [-0.2, 0) is 6.54 Å². The van der Waals surface area contributed by atoms with E-state index in [0.717, 1.165) is 29.4 Å². The molecule has 0 aliphatic rings. The van der Waals surface area contributed by atoms with E-state index in [1.807, 2.05) is 11.5 Å². The van der Waals surface area contributed by atoms with Crippen molar-refractivity contribution in [1.29, 1.82) is 0 Å². The number of aromatic nitrogens is 1. The molecule has 2 aromatic rings. The molecule has 2 rings (SSSR count). The summed E-state index contributed by atoms with van der Waals surface area (Å²) in [6, 6.07) is 3.53. The highest BCUT2D eigenvalue weighted by Crippen LogP contribution is 2.29. The zero-order valence-corrected chi connectivity index (χ0v) is 10.6. The lowest BCUT2D eigenvalue weighted by molar-refractivity contribution is 0.0699. The van der Waals surface area contributed by atoms with Gasteiger partial charge in [0.1, 0.15) is 0 Å². The van der Waals surface area contributed by atoms with E-state index in [0.29, 0.717) is 10.6 Å². The smallest absolute Gasteiger partial charge is 0.337 e. The van der Waals surface area contributed by atoms with E-state index in [1.165, 1.54) is 0 Å². The van der Waals surface area contributed by atoms with Crippen LogP contribution in [0.15, 0.2) is 18.3 Å². The number of carboxylic acids is 1. The number of aryl methyl sites for hydroxylation is 2. The van der Waals surface area contributed by atoms with Crippen LogP contribution in [0, 0.1) is 6.92 Å². The van der Waals surface area contributed by atoms with Crippen molar-refractivity contribution in [3.63, 3.8) is 0 Å². The van der Waals surface area contributed by atoms with E-state index in [1.54, 1.807) is 18.3 Å². The highest BCUT2D eigenvalue weighted by molar-refractivity contribution is 6.32. The van der Waals surface area contributed by atoms with Crippen molar-refractivity contribution in [3.8, 4) is 0 Å². The first kappa shape index (κ1) is 12.0. The van der Waals surface area contributed by atoms with Gasteiger partial charge in [-0.25, -0.2) is 4.79 Å². The van der Waals surface area contributed by atoms with Crippen LogP contribution < -0.4 is 0 Å². The van der Waals surface area contributed by atoms with E-state index >= 15 is 0 Å². The van der Waals surface area contributed by atoms with Crippen LogP contribution in [0.1, 0.15) is 29.3 Å². The van der Waals surface area contributed by atoms with Crippen molar-refractivity contribution in [2.45, 2.75) is 26.8 Å². The van der Waals surface area contributed by atoms with Gasteiger partial charge in [-0.05, 0) is 25.0 Å². The first-order valence-electron chi connectivity index (χ1n) is 5.57. The van der Waals surface area contributed by atoms with Gasteiger partial charge in [0.25, 0.3) is 0 Å². The number of hydrogen-bond donors (Lipinski definition) is 1. The predicted octanol–water partition coefficient (Wildman–Crippen LogP) is 3.71. The lowest BCUT2D eigenvalue weighted by Gasteiger charge is -2.06. The van der Waals surface area contributed by atoms with Gasteiger partial charge < -0.3 is 9.67 Å². The maximum absolute atomic E-state index is 11.2. The molecule has 3 nitrogen and oxygen atoms in total. The van der Waals surface area contributed by atoms with Crippen LogP contribution in [0.2, 0.25) is 5.02 Å². The average molecular weight is 252 g/mol. The molecule has 0 aliphatic carbocycles. The molecule has 90 valence electrons. The minimum absolute atomic E-state index is 0.341. The summed E-state index contributed by atoms with van der Waals surface area (Å²) in [7, 11) is 0. The third kappa shape index (κ3) is 1.91. The molecule has 17 heavy (non-hydrogen) atoms. The molecular weight excluding hydrogens is 238 g/mol. The van der Waals surface area contributed by atoms with Crippen LogP contribution in [0.25, 0.3) is 10.9 Å². The fourth-order valence-electron chi connectivity index (χ4n) is 2.14. The Balaban J connectivity index is 2.81. The van der Waals surface area contributed by atoms with Crippen molar-refractivity contribution >= 4 is 28.5 Å². The third-order valence-corrected chi connectivity index (χ3v) is 3.33. The molecule has 0 radical (unpaired) electrons. The Morgan fingerprint density at radius 2 is 2.18 bits per heavy atom. The van der Waals surface area contributed by atoms with Crippen molar-refractivity contribution in [2.75, 3.05) is 0 Å². The number of carboxylic acid groups (broad SMARTS) is 1. The Labute approximate surface area is 105 Å². The van der Waals surface area contributed by atoms with Gasteiger partial charge in [-0.3, -0.25) is 0 Å². The first-order valence-corrected chi connectivity index (χ1v) is 5.95. The lowest BCUT2D eigenvalue weighted by atomic mass is 10.1. The van der Waals surface area contributed by atoms with E-state index in [9.17, 15) is 9.90 Å². The standard InChI is InChI=1S/C13H14ClNO2/c1-3-6-15-7-10(13(16)17)9-4-5-11(14)8(2)12(9)15/h4-5,7H,3,6H2,1-2H3,(H,16,17). The van der Waals surface area contributed by atoms with Gasteiger partial charge in [-0.1, -0.05) is 24.6 Å². The summed E-state index contributed by atoms with van der Waals surface area (Å²) in [4.78, 5) is 11.2. The number of carbonyl (C=O) groups is 1. The number of rotatable bonds is 3. The van der Waals surface area contributed by atoms with E-state index in [2.05, 4.69) is 6.92 Å². The number of halogens is 1. The number of benzene rings is 1. The van der Waals surface area contributed by atoms with Gasteiger partial charge in [-0.2, -0.15) is 0 Å². The van der Waals surface area contributed by atoms with Crippen molar-refractivity contribution < 1.29 is 9.90 Å². The van der Waals surface area contributed by atoms with Crippen molar-refractivity contribution in [1.82, 2.24) is 4.57 Å². The molecule has 4 heteroatoms. The minimum Gasteiger partial charge on any atom is -0.478 e. The van der Waals surface area contributed by atoms with Gasteiger partial charge in [0, 0.05) is 23.2 Å². The van der Waals surface area contributed by atoms with Gasteiger partial charge in [-0.15, -0.1) is 0 Å². The molecule has 0 atom stereocenters. The summed E-state index contributed by atoms with van der Waals surface area (Å²) < 4.78 is 1.97. The van der Waals surface area contributed by atoms with Gasteiger partial charge in [0.15, 0.2) is 0 Å². The number of fused-ring (bicyclic) bond motifs is 1. The quantitative estimate of drug-likeness (QED) is 0.904.